The van der Waals surface area contributed by atoms with Gasteiger partial charge in [0, 0.05) is 24.4 Å². The van der Waals surface area contributed by atoms with E-state index < -0.39 is 0 Å². The fourth-order valence-corrected chi connectivity index (χ4v) is 1.72. The first-order valence-electron chi connectivity index (χ1n) is 4.20. The molecule has 0 bridgehead atoms. The van der Waals surface area contributed by atoms with Gasteiger partial charge in [0.05, 0.1) is 4.92 Å². The molecule has 68 valence electrons. The van der Waals surface area contributed by atoms with E-state index in [-0.39, 0.29) is 10.6 Å². The molecular formula is C9H10N2O2. The molecular weight excluding hydrogens is 168 g/mol. The van der Waals surface area contributed by atoms with Gasteiger partial charge in [-0.1, -0.05) is 0 Å². The monoisotopic (exact) mass is 178 g/mol. The van der Waals surface area contributed by atoms with Crippen LogP contribution in [0.5, 0.6) is 0 Å². The van der Waals surface area contributed by atoms with Gasteiger partial charge in [0.2, 0.25) is 0 Å². The van der Waals surface area contributed by atoms with Crippen LogP contribution in [0, 0.1) is 17.0 Å². The highest BCUT2D eigenvalue weighted by atomic mass is 16.6. The lowest BCUT2D eigenvalue weighted by atomic mass is 10.1. The second-order valence-corrected chi connectivity index (χ2v) is 3.23. The molecule has 0 unspecified atom stereocenters. The number of nitro groups is 1. The van der Waals surface area contributed by atoms with Crippen molar-refractivity contribution in [3.8, 4) is 0 Å². The lowest BCUT2D eigenvalue weighted by Crippen LogP contribution is -1.94. The molecule has 1 aliphatic rings. The van der Waals surface area contributed by atoms with Crippen molar-refractivity contribution < 1.29 is 4.92 Å². The Bertz CT molecular complexity index is 374. The zero-order chi connectivity index (χ0) is 9.42. The molecule has 2 rings (SSSR count). The number of non-ortho nitro benzene ring substituents is 1. The topological polar surface area (TPSA) is 55.2 Å². The number of nitrogens with zero attached hydrogens (tertiary/aromatic N) is 1. The van der Waals surface area contributed by atoms with Gasteiger partial charge in [-0.3, -0.25) is 10.1 Å². The average molecular weight is 178 g/mol. The molecule has 0 amide bonds. The van der Waals surface area contributed by atoms with E-state index in [1.165, 1.54) is 0 Å². The molecule has 1 aliphatic heterocycles. The maximum atomic E-state index is 10.5. The lowest BCUT2D eigenvalue weighted by molar-refractivity contribution is -0.384. The molecule has 0 aromatic heterocycles. The van der Waals surface area contributed by atoms with Crippen LogP contribution in [0.4, 0.5) is 11.4 Å². The Morgan fingerprint density at radius 1 is 1.54 bits per heavy atom. The molecule has 0 aliphatic carbocycles. The van der Waals surface area contributed by atoms with E-state index in [1.54, 1.807) is 12.1 Å². The standard InChI is InChI=1S/C9H10N2O2/c1-6-4-8(11(12)13)5-7-2-3-10-9(6)7/h4-5,10H,2-3H2,1H3. The van der Waals surface area contributed by atoms with Crippen LogP contribution in [0.3, 0.4) is 0 Å². The fourth-order valence-electron chi connectivity index (χ4n) is 1.72. The number of anilines is 1. The van der Waals surface area contributed by atoms with Crippen molar-refractivity contribution in [1.29, 1.82) is 0 Å². The van der Waals surface area contributed by atoms with E-state index in [9.17, 15) is 10.1 Å². The van der Waals surface area contributed by atoms with E-state index in [0.29, 0.717) is 0 Å². The van der Waals surface area contributed by atoms with Gasteiger partial charge in [0.15, 0.2) is 0 Å². The summed E-state index contributed by atoms with van der Waals surface area (Å²) >= 11 is 0. The molecule has 4 nitrogen and oxygen atoms in total. The quantitative estimate of drug-likeness (QED) is 0.527. The van der Waals surface area contributed by atoms with Gasteiger partial charge in [0.25, 0.3) is 5.69 Å². The van der Waals surface area contributed by atoms with Crippen LogP contribution in [0.15, 0.2) is 12.1 Å². The van der Waals surface area contributed by atoms with E-state index in [1.807, 2.05) is 6.92 Å². The Morgan fingerprint density at radius 2 is 2.31 bits per heavy atom. The Kier molecular flexibility index (Phi) is 1.69. The van der Waals surface area contributed by atoms with E-state index in [0.717, 1.165) is 29.8 Å². The third-order valence-electron chi connectivity index (χ3n) is 2.31. The summed E-state index contributed by atoms with van der Waals surface area (Å²) in [4.78, 5) is 10.2. The molecule has 13 heavy (non-hydrogen) atoms. The molecule has 4 heteroatoms. The van der Waals surface area contributed by atoms with Gasteiger partial charge in [-0.25, -0.2) is 0 Å². The number of aryl methyl sites for hydroxylation is 1. The highest BCUT2D eigenvalue weighted by molar-refractivity contribution is 5.64. The van der Waals surface area contributed by atoms with Crippen molar-refractivity contribution >= 4 is 11.4 Å². The number of fused-ring (bicyclic) bond motifs is 1. The lowest BCUT2D eigenvalue weighted by Gasteiger charge is -2.03. The zero-order valence-corrected chi connectivity index (χ0v) is 7.33. The third-order valence-corrected chi connectivity index (χ3v) is 2.31. The summed E-state index contributed by atoms with van der Waals surface area (Å²) in [5.74, 6) is 0. The predicted octanol–water partition coefficient (Wildman–Crippen LogP) is 1.87. The highest BCUT2D eigenvalue weighted by Gasteiger charge is 2.17. The normalized spacial score (nSPS) is 13.6. The zero-order valence-electron chi connectivity index (χ0n) is 7.33. The summed E-state index contributed by atoms with van der Waals surface area (Å²) < 4.78 is 0. The summed E-state index contributed by atoms with van der Waals surface area (Å²) in [6.07, 6.45) is 0.887. The number of nitrogens with one attached hydrogen (secondary N) is 1. The van der Waals surface area contributed by atoms with Crippen molar-refractivity contribution in [2.24, 2.45) is 0 Å². The van der Waals surface area contributed by atoms with Gasteiger partial charge in [0.1, 0.15) is 0 Å². The molecule has 1 N–H and O–H groups in total. The van der Waals surface area contributed by atoms with Crippen LogP contribution in [-0.2, 0) is 6.42 Å². The number of hydrogen-bond donors (Lipinski definition) is 1. The first-order chi connectivity index (χ1) is 6.18. The maximum Gasteiger partial charge on any atom is 0.270 e. The van der Waals surface area contributed by atoms with Gasteiger partial charge >= 0.3 is 0 Å². The summed E-state index contributed by atoms with van der Waals surface area (Å²) in [5.41, 5.74) is 3.29. The predicted molar refractivity (Wildman–Crippen MR) is 50.0 cm³/mol. The second kappa shape index (κ2) is 2.73. The summed E-state index contributed by atoms with van der Waals surface area (Å²) in [6, 6.07) is 3.26. The van der Waals surface area contributed by atoms with Crippen molar-refractivity contribution in [3.05, 3.63) is 33.4 Å². The van der Waals surface area contributed by atoms with Crippen LogP contribution in [0.25, 0.3) is 0 Å². The summed E-state index contributed by atoms with van der Waals surface area (Å²) in [6.45, 7) is 2.78. The van der Waals surface area contributed by atoms with Gasteiger partial charge < -0.3 is 5.32 Å². The van der Waals surface area contributed by atoms with Crippen molar-refractivity contribution in [2.75, 3.05) is 11.9 Å². The van der Waals surface area contributed by atoms with E-state index >= 15 is 0 Å². The fraction of sp³-hybridized carbons (Fsp3) is 0.333. The van der Waals surface area contributed by atoms with Gasteiger partial charge in [-0.2, -0.15) is 0 Å². The van der Waals surface area contributed by atoms with Gasteiger partial charge in [-0.15, -0.1) is 0 Å². The SMILES string of the molecule is Cc1cc([N+](=O)[O-])cc2c1NCC2. The molecule has 0 radical (unpaired) electrons. The molecule has 1 aromatic rings. The third kappa shape index (κ3) is 1.24. The molecule has 0 fully saturated rings. The van der Waals surface area contributed by atoms with Crippen LogP contribution in [0.2, 0.25) is 0 Å². The van der Waals surface area contributed by atoms with E-state index in [2.05, 4.69) is 5.32 Å². The maximum absolute atomic E-state index is 10.5. The Hall–Kier alpha value is -1.58. The number of nitro benzene ring substituents is 1. The smallest absolute Gasteiger partial charge is 0.270 e. The minimum absolute atomic E-state index is 0.194. The van der Waals surface area contributed by atoms with Crippen LogP contribution >= 0.6 is 0 Å². The average Bonchev–Trinajstić information content (AvgIpc) is 2.51. The Morgan fingerprint density at radius 3 is 3.00 bits per heavy atom. The summed E-state index contributed by atoms with van der Waals surface area (Å²) in [5, 5.41) is 13.8. The number of rotatable bonds is 1. The second-order valence-electron chi connectivity index (χ2n) is 3.23. The van der Waals surface area contributed by atoms with Crippen LogP contribution < -0.4 is 5.32 Å². The van der Waals surface area contributed by atoms with Crippen LogP contribution in [0.1, 0.15) is 11.1 Å². The minimum atomic E-state index is -0.342. The van der Waals surface area contributed by atoms with E-state index in [4.69, 9.17) is 0 Å². The van der Waals surface area contributed by atoms with Crippen molar-refractivity contribution in [2.45, 2.75) is 13.3 Å². The molecule has 0 atom stereocenters. The van der Waals surface area contributed by atoms with Crippen LogP contribution in [-0.4, -0.2) is 11.5 Å². The number of hydrogen-bond acceptors (Lipinski definition) is 3. The van der Waals surface area contributed by atoms with Crippen molar-refractivity contribution in [1.82, 2.24) is 0 Å². The van der Waals surface area contributed by atoms with Gasteiger partial charge in [-0.05, 0) is 24.5 Å². The first-order valence-corrected chi connectivity index (χ1v) is 4.20. The highest BCUT2D eigenvalue weighted by Crippen LogP contribution is 2.30. The summed E-state index contributed by atoms with van der Waals surface area (Å²) in [7, 11) is 0. The molecule has 1 heterocycles. The Labute approximate surface area is 75.7 Å². The first kappa shape index (κ1) is 8.04. The largest absolute Gasteiger partial charge is 0.384 e. The number of benzene rings is 1. The molecule has 0 saturated heterocycles. The van der Waals surface area contributed by atoms with Crippen molar-refractivity contribution in [3.63, 3.8) is 0 Å². The molecule has 1 aromatic carbocycles. The molecule has 0 spiro atoms. The Balaban J connectivity index is 2.55. The molecule has 0 saturated carbocycles. The minimum Gasteiger partial charge on any atom is -0.384 e.